The van der Waals surface area contributed by atoms with Crippen LogP contribution in [0.5, 0.6) is 0 Å². The van der Waals surface area contributed by atoms with Crippen LogP contribution in [0.3, 0.4) is 0 Å². The lowest BCUT2D eigenvalue weighted by atomic mass is 10.1. The summed E-state index contributed by atoms with van der Waals surface area (Å²) < 4.78 is -0.502. The Morgan fingerprint density at radius 2 is 0.944 bits per heavy atom. The molecular weight excluding hydrogens is 458 g/mol. The number of carbonyl (C=O) groups is 3. The van der Waals surface area contributed by atoms with E-state index in [0.717, 1.165) is 32.1 Å². The molecule has 0 aromatic rings. The van der Waals surface area contributed by atoms with Gasteiger partial charge in [0.1, 0.15) is 6.54 Å². The van der Waals surface area contributed by atoms with Crippen molar-refractivity contribution in [2.24, 2.45) is 0 Å². The average molecular weight is 512 g/mol. The van der Waals surface area contributed by atoms with Gasteiger partial charge in [0.15, 0.2) is 13.1 Å². The summed E-state index contributed by atoms with van der Waals surface area (Å²) in [5.41, 5.74) is 0. The minimum absolute atomic E-state index is 0.219. The quantitative estimate of drug-likeness (QED) is 0.0829. The lowest BCUT2D eigenvalue weighted by molar-refractivity contribution is -0.909. The topological polar surface area (TPSA) is 115 Å². The largest absolute Gasteiger partial charge is 0.544 e. The Balaban J connectivity index is 3.71. The van der Waals surface area contributed by atoms with Gasteiger partial charge >= 0.3 is 11.9 Å². The Kier molecular flexibility index (Phi) is 22.3. The second kappa shape index (κ2) is 23.5. The van der Waals surface area contributed by atoms with Crippen LogP contribution in [0.1, 0.15) is 129 Å². The summed E-state index contributed by atoms with van der Waals surface area (Å²) in [6.45, 7) is 0.847. The zero-order chi connectivity index (χ0) is 26.9. The average Bonchev–Trinajstić information content (AvgIpc) is 2.78. The van der Waals surface area contributed by atoms with Crippen LogP contribution in [-0.2, 0) is 14.4 Å². The third-order valence-electron chi connectivity index (χ3n) is 6.80. The highest BCUT2D eigenvalue weighted by Gasteiger charge is 2.33. The van der Waals surface area contributed by atoms with Gasteiger partial charge in [-0.15, -0.1) is 0 Å². The number of allylic oxidation sites excluding steroid dienone is 2. The minimum atomic E-state index is -1.42. The van der Waals surface area contributed by atoms with E-state index in [9.17, 15) is 19.5 Å². The number of quaternary nitrogens is 1. The van der Waals surface area contributed by atoms with E-state index in [1.54, 1.807) is 0 Å². The van der Waals surface area contributed by atoms with Gasteiger partial charge in [0.05, 0.1) is 12.5 Å². The summed E-state index contributed by atoms with van der Waals surface area (Å²) in [6.07, 6.45) is 27.7. The number of nitrogens with zero attached hydrogens (tertiary/aromatic N) is 1. The van der Waals surface area contributed by atoms with E-state index in [1.165, 1.54) is 83.5 Å². The highest BCUT2D eigenvalue weighted by Crippen LogP contribution is 2.14. The van der Waals surface area contributed by atoms with E-state index in [4.69, 9.17) is 10.2 Å². The molecule has 0 atom stereocenters. The van der Waals surface area contributed by atoms with E-state index in [2.05, 4.69) is 19.1 Å². The van der Waals surface area contributed by atoms with Gasteiger partial charge in [-0.2, -0.15) is 0 Å². The Morgan fingerprint density at radius 1 is 0.583 bits per heavy atom. The Morgan fingerprint density at radius 3 is 1.31 bits per heavy atom. The summed E-state index contributed by atoms with van der Waals surface area (Å²) >= 11 is 0. The van der Waals surface area contributed by atoms with Crippen molar-refractivity contribution in [3.05, 3.63) is 12.2 Å². The van der Waals surface area contributed by atoms with Crippen LogP contribution in [-0.4, -0.2) is 58.8 Å². The van der Waals surface area contributed by atoms with Crippen molar-refractivity contribution in [2.75, 3.05) is 26.2 Å². The van der Waals surface area contributed by atoms with Gasteiger partial charge in [0.2, 0.25) is 0 Å². The fraction of sp³-hybridized carbons (Fsp3) is 0.828. The van der Waals surface area contributed by atoms with Crippen molar-refractivity contribution in [2.45, 2.75) is 129 Å². The van der Waals surface area contributed by atoms with Crippen LogP contribution in [0.15, 0.2) is 12.2 Å². The highest BCUT2D eigenvalue weighted by atomic mass is 16.4. The standard InChI is InChI=1S/C29H53NO6/c1-2-3-4-5-6-7-8-9-10-11-12-13-14-15-16-17-18-19-20-21-22-23-30(24-27(31)32,25-28(33)34)26-29(35)36/h13-14H,2-12,15-26H2,1H3,(H2-,31,32,33,34,35,36)/b14-13-. The molecule has 36 heavy (non-hydrogen) atoms. The van der Waals surface area contributed by atoms with Gasteiger partial charge in [0, 0.05) is 0 Å². The molecule has 0 saturated carbocycles. The van der Waals surface area contributed by atoms with Crippen LogP contribution in [0.2, 0.25) is 0 Å². The molecule has 0 saturated heterocycles. The van der Waals surface area contributed by atoms with Gasteiger partial charge in [-0.1, -0.05) is 103 Å². The molecular formula is C29H53NO6. The number of carbonyl (C=O) groups excluding carboxylic acids is 1. The third kappa shape index (κ3) is 22.6. The summed E-state index contributed by atoms with van der Waals surface area (Å²) in [5.74, 6) is -3.82. The van der Waals surface area contributed by atoms with Crippen LogP contribution in [0.4, 0.5) is 0 Å². The maximum Gasteiger partial charge on any atom is 0.359 e. The maximum absolute atomic E-state index is 11.2. The van der Waals surface area contributed by atoms with Crippen molar-refractivity contribution < 1.29 is 34.2 Å². The number of carboxylic acid groups (broad SMARTS) is 3. The van der Waals surface area contributed by atoms with E-state index < -0.39 is 42.0 Å². The fourth-order valence-electron chi connectivity index (χ4n) is 4.83. The summed E-state index contributed by atoms with van der Waals surface area (Å²) in [4.78, 5) is 33.4. The summed E-state index contributed by atoms with van der Waals surface area (Å²) in [7, 11) is 0. The van der Waals surface area contributed by atoms with Crippen molar-refractivity contribution in [3.63, 3.8) is 0 Å². The predicted molar refractivity (Wildman–Crippen MR) is 143 cm³/mol. The van der Waals surface area contributed by atoms with Crippen molar-refractivity contribution in [3.8, 4) is 0 Å². The third-order valence-corrected chi connectivity index (χ3v) is 6.80. The molecule has 0 rings (SSSR count). The Hall–Kier alpha value is -1.89. The predicted octanol–water partition coefficient (Wildman–Crippen LogP) is 5.71. The van der Waals surface area contributed by atoms with Crippen LogP contribution < -0.4 is 5.11 Å². The minimum Gasteiger partial charge on any atom is -0.544 e. The van der Waals surface area contributed by atoms with E-state index in [-0.39, 0.29) is 6.54 Å². The molecule has 7 heteroatoms. The maximum atomic E-state index is 11.2. The molecule has 210 valence electrons. The zero-order valence-corrected chi connectivity index (χ0v) is 22.9. The second-order valence-corrected chi connectivity index (χ2v) is 10.4. The van der Waals surface area contributed by atoms with Gasteiger partial charge < -0.3 is 24.6 Å². The van der Waals surface area contributed by atoms with E-state index in [0.29, 0.717) is 6.42 Å². The Labute approximate surface area is 219 Å². The molecule has 0 unspecified atom stereocenters. The van der Waals surface area contributed by atoms with Crippen LogP contribution >= 0.6 is 0 Å². The van der Waals surface area contributed by atoms with Crippen molar-refractivity contribution in [1.82, 2.24) is 0 Å². The van der Waals surface area contributed by atoms with Gasteiger partial charge in [-0.25, -0.2) is 9.59 Å². The van der Waals surface area contributed by atoms with Crippen molar-refractivity contribution >= 4 is 17.9 Å². The molecule has 0 aliphatic rings. The first kappa shape index (κ1) is 34.1. The lowest BCUT2D eigenvalue weighted by Gasteiger charge is -2.36. The van der Waals surface area contributed by atoms with Gasteiger partial charge in [-0.3, -0.25) is 0 Å². The summed E-state index contributed by atoms with van der Waals surface area (Å²) in [5, 5.41) is 29.3. The lowest BCUT2D eigenvalue weighted by Crippen LogP contribution is -2.59. The summed E-state index contributed by atoms with van der Waals surface area (Å²) in [6, 6.07) is 0. The molecule has 2 N–H and O–H groups in total. The van der Waals surface area contributed by atoms with Gasteiger partial charge in [-0.05, 0) is 38.5 Å². The first-order valence-electron chi connectivity index (χ1n) is 14.4. The van der Waals surface area contributed by atoms with E-state index >= 15 is 0 Å². The smallest absolute Gasteiger partial charge is 0.359 e. The molecule has 0 fully saturated rings. The number of unbranched alkanes of at least 4 members (excludes halogenated alkanes) is 17. The number of hydrogen-bond acceptors (Lipinski definition) is 4. The Bertz CT molecular complexity index is 564. The molecule has 0 heterocycles. The fourth-order valence-corrected chi connectivity index (χ4v) is 4.83. The number of rotatable bonds is 27. The molecule has 0 spiro atoms. The molecule has 0 aromatic carbocycles. The van der Waals surface area contributed by atoms with Gasteiger partial charge in [0.25, 0.3) is 0 Å². The number of carboxylic acids is 3. The van der Waals surface area contributed by atoms with E-state index in [1.807, 2.05) is 0 Å². The normalized spacial score (nSPS) is 11.8. The number of aliphatic carboxylic acids is 3. The molecule has 0 aliphatic heterocycles. The molecule has 0 aromatic heterocycles. The molecule has 7 nitrogen and oxygen atoms in total. The first-order valence-corrected chi connectivity index (χ1v) is 14.4. The zero-order valence-electron chi connectivity index (χ0n) is 22.9. The molecule has 0 amide bonds. The second-order valence-electron chi connectivity index (χ2n) is 10.4. The van der Waals surface area contributed by atoms with Crippen molar-refractivity contribution in [1.29, 1.82) is 0 Å². The monoisotopic (exact) mass is 511 g/mol. The van der Waals surface area contributed by atoms with Crippen LogP contribution in [0.25, 0.3) is 0 Å². The highest BCUT2D eigenvalue weighted by molar-refractivity contribution is 5.72. The van der Waals surface area contributed by atoms with Crippen LogP contribution in [0, 0.1) is 0 Å². The molecule has 0 aliphatic carbocycles. The SMILES string of the molecule is CCCCCCCCCCCC/C=C\CCCCCCCCC[N+](CC(=O)[O-])(CC(=O)O)CC(=O)O. The molecule has 0 radical (unpaired) electrons. The molecule has 0 bridgehead atoms. The first-order chi connectivity index (χ1) is 17.3. The number of hydrogen-bond donors (Lipinski definition) is 2.